The Morgan fingerprint density at radius 3 is 2.57 bits per heavy atom. The first-order valence-electron chi connectivity index (χ1n) is 9.07. The lowest BCUT2D eigenvalue weighted by molar-refractivity contribution is -0.122. The van der Waals surface area contributed by atoms with Crippen LogP contribution in [0.3, 0.4) is 0 Å². The summed E-state index contributed by atoms with van der Waals surface area (Å²) in [5, 5.41) is 7.12. The molecule has 0 aliphatic carbocycles. The average molecular weight is 449 g/mol. The van der Waals surface area contributed by atoms with Crippen molar-refractivity contribution in [1.82, 2.24) is 15.5 Å². The van der Waals surface area contributed by atoms with Crippen molar-refractivity contribution in [2.45, 2.75) is 26.4 Å². The SMILES string of the molecule is Cc1cccc(N(C(C)C(=O)NCc2nc(-c3ccc(Cl)cc3)no2)S(C)(=O)=O)c1. The molecule has 3 rings (SSSR count). The van der Waals surface area contributed by atoms with Crippen LogP contribution in [0.5, 0.6) is 0 Å². The number of carbonyl (C=O) groups is 1. The van der Waals surface area contributed by atoms with Crippen molar-refractivity contribution in [3.63, 3.8) is 0 Å². The summed E-state index contributed by atoms with van der Waals surface area (Å²) in [5.41, 5.74) is 2.02. The predicted molar refractivity (Wildman–Crippen MR) is 115 cm³/mol. The van der Waals surface area contributed by atoms with Gasteiger partial charge in [0.25, 0.3) is 0 Å². The van der Waals surface area contributed by atoms with E-state index in [4.69, 9.17) is 16.1 Å². The van der Waals surface area contributed by atoms with E-state index in [1.54, 1.807) is 42.5 Å². The zero-order valence-corrected chi connectivity index (χ0v) is 18.2. The maximum absolute atomic E-state index is 12.7. The van der Waals surface area contributed by atoms with Crippen LogP contribution in [0, 0.1) is 6.92 Å². The number of aryl methyl sites for hydroxylation is 1. The number of nitrogens with zero attached hydrogens (tertiary/aromatic N) is 3. The molecule has 2 aromatic carbocycles. The van der Waals surface area contributed by atoms with Crippen LogP contribution in [0.15, 0.2) is 53.1 Å². The predicted octanol–water partition coefficient (Wildman–Crippen LogP) is 3.17. The van der Waals surface area contributed by atoms with Gasteiger partial charge in [0.1, 0.15) is 6.04 Å². The molecule has 0 bridgehead atoms. The van der Waals surface area contributed by atoms with Crippen molar-refractivity contribution in [2.75, 3.05) is 10.6 Å². The molecular weight excluding hydrogens is 428 g/mol. The van der Waals surface area contributed by atoms with E-state index in [9.17, 15) is 13.2 Å². The van der Waals surface area contributed by atoms with Crippen LogP contribution in [-0.2, 0) is 21.4 Å². The summed E-state index contributed by atoms with van der Waals surface area (Å²) < 4.78 is 30.9. The molecule has 0 saturated heterocycles. The molecule has 30 heavy (non-hydrogen) atoms. The Morgan fingerprint density at radius 1 is 1.23 bits per heavy atom. The van der Waals surface area contributed by atoms with Crippen molar-refractivity contribution in [2.24, 2.45) is 0 Å². The first-order valence-corrected chi connectivity index (χ1v) is 11.3. The molecule has 0 radical (unpaired) electrons. The topological polar surface area (TPSA) is 105 Å². The molecule has 1 amide bonds. The zero-order chi connectivity index (χ0) is 21.9. The lowest BCUT2D eigenvalue weighted by Gasteiger charge is -2.28. The number of hydrogen-bond donors (Lipinski definition) is 1. The fraction of sp³-hybridized carbons (Fsp3) is 0.250. The second-order valence-corrected chi connectivity index (χ2v) is 9.11. The van der Waals surface area contributed by atoms with Crippen molar-refractivity contribution >= 4 is 33.2 Å². The maximum atomic E-state index is 12.7. The van der Waals surface area contributed by atoms with Gasteiger partial charge in [0.2, 0.25) is 27.6 Å². The fourth-order valence-corrected chi connectivity index (χ4v) is 4.22. The molecule has 0 spiro atoms. The van der Waals surface area contributed by atoms with E-state index in [0.717, 1.165) is 21.7 Å². The highest BCUT2D eigenvalue weighted by molar-refractivity contribution is 7.92. The van der Waals surface area contributed by atoms with Crippen LogP contribution >= 0.6 is 11.6 Å². The molecule has 0 aliphatic heterocycles. The van der Waals surface area contributed by atoms with Gasteiger partial charge in [0.05, 0.1) is 18.5 Å². The van der Waals surface area contributed by atoms with E-state index >= 15 is 0 Å². The van der Waals surface area contributed by atoms with Gasteiger partial charge in [-0.25, -0.2) is 8.42 Å². The molecule has 158 valence electrons. The summed E-state index contributed by atoms with van der Waals surface area (Å²) in [6, 6.07) is 12.9. The molecule has 1 aromatic heterocycles. The number of sulfonamides is 1. The Kier molecular flexibility index (Phi) is 6.42. The van der Waals surface area contributed by atoms with Gasteiger partial charge in [-0.2, -0.15) is 4.98 Å². The minimum absolute atomic E-state index is 0.0326. The minimum atomic E-state index is -3.69. The number of anilines is 1. The van der Waals surface area contributed by atoms with E-state index in [1.165, 1.54) is 6.92 Å². The quantitative estimate of drug-likeness (QED) is 0.595. The molecule has 0 saturated carbocycles. The fourth-order valence-electron chi connectivity index (χ4n) is 2.93. The van der Waals surface area contributed by atoms with E-state index in [1.807, 2.05) is 13.0 Å². The van der Waals surface area contributed by atoms with Crippen LogP contribution < -0.4 is 9.62 Å². The van der Waals surface area contributed by atoms with Gasteiger partial charge < -0.3 is 9.84 Å². The number of aromatic nitrogens is 2. The summed E-state index contributed by atoms with van der Waals surface area (Å²) in [6.07, 6.45) is 1.06. The van der Waals surface area contributed by atoms with Gasteiger partial charge in [0.15, 0.2) is 0 Å². The third-order valence-corrected chi connectivity index (χ3v) is 5.82. The van der Waals surface area contributed by atoms with Crippen LogP contribution in [0.25, 0.3) is 11.4 Å². The smallest absolute Gasteiger partial charge is 0.246 e. The normalized spacial score (nSPS) is 12.4. The van der Waals surface area contributed by atoms with Crippen LogP contribution in [0.2, 0.25) is 5.02 Å². The van der Waals surface area contributed by atoms with E-state index < -0.39 is 22.0 Å². The van der Waals surface area contributed by atoms with Gasteiger partial charge in [-0.1, -0.05) is 28.9 Å². The van der Waals surface area contributed by atoms with E-state index in [0.29, 0.717) is 16.5 Å². The highest BCUT2D eigenvalue weighted by atomic mass is 35.5. The molecule has 1 atom stereocenters. The van der Waals surface area contributed by atoms with Crippen molar-refractivity contribution in [3.05, 3.63) is 65.0 Å². The summed E-state index contributed by atoms with van der Waals surface area (Å²) >= 11 is 5.87. The molecule has 3 aromatic rings. The zero-order valence-electron chi connectivity index (χ0n) is 16.7. The summed E-state index contributed by atoms with van der Waals surface area (Å²) in [7, 11) is -3.69. The highest BCUT2D eigenvalue weighted by Crippen LogP contribution is 2.22. The number of nitrogens with one attached hydrogen (secondary N) is 1. The molecule has 1 heterocycles. The monoisotopic (exact) mass is 448 g/mol. The van der Waals surface area contributed by atoms with Crippen LogP contribution in [0.4, 0.5) is 5.69 Å². The van der Waals surface area contributed by atoms with Gasteiger partial charge >= 0.3 is 0 Å². The standard InChI is InChI=1S/C20H21ClN4O4S/c1-13-5-4-6-17(11-13)25(30(3,27)28)14(2)20(26)22-12-18-23-19(24-29-18)15-7-9-16(21)10-8-15/h4-11,14H,12H2,1-3H3,(H,22,26). The number of benzene rings is 2. The highest BCUT2D eigenvalue weighted by Gasteiger charge is 2.29. The Bertz CT molecular complexity index is 1150. The summed E-state index contributed by atoms with van der Waals surface area (Å²) in [6.45, 7) is 3.34. The molecule has 8 nitrogen and oxygen atoms in total. The third kappa shape index (κ3) is 5.17. The Balaban J connectivity index is 1.71. The van der Waals surface area contributed by atoms with Gasteiger partial charge in [-0.05, 0) is 55.8 Å². The molecule has 0 aliphatic rings. The van der Waals surface area contributed by atoms with E-state index in [2.05, 4.69) is 15.5 Å². The van der Waals surface area contributed by atoms with Crippen molar-refractivity contribution in [3.8, 4) is 11.4 Å². The van der Waals surface area contributed by atoms with Crippen LogP contribution in [0.1, 0.15) is 18.4 Å². The minimum Gasteiger partial charge on any atom is -0.345 e. The van der Waals surface area contributed by atoms with Gasteiger partial charge in [-0.3, -0.25) is 9.10 Å². The first kappa shape index (κ1) is 21.8. The summed E-state index contributed by atoms with van der Waals surface area (Å²) in [4.78, 5) is 16.9. The average Bonchev–Trinajstić information content (AvgIpc) is 3.14. The van der Waals surface area contributed by atoms with Crippen molar-refractivity contribution in [1.29, 1.82) is 0 Å². The number of halogens is 1. The number of rotatable bonds is 7. The molecule has 1 unspecified atom stereocenters. The van der Waals surface area contributed by atoms with Crippen molar-refractivity contribution < 1.29 is 17.7 Å². The van der Waals surface area contributed by atoms with E-state index in [-0.39, 0.29) is 12.4 Å². The first-order chi connectivity index (χ1) is 14.1. The largest absolute Gasteiger partial charge is 0.345 e. The molecule has 1 N–H and O–H groups in total. The summed E-state index contributed by atoms with van der Waals surface area (Å²) in [5.74, 6) is 0.0663. The van der Waals surface area contributed by atoms with Gasteiger partial charge in [-0.15, -0.1) is 0 Å². The molecule has 10 heteroatoms. The number of carbonyl (C=O) groups excluding carboxylic acids is 1. The Labute approximate surface area is 179 Å². The Morgan fingerprint density at radius 2 is 1.93 bits per heavy atom. The maximum Gasteiger partial charge on any atom is 0.246 e. The lowest BCUT2D eigenvalue weighted by atomic mass is 10.2. The van der Waals surface area contributed by atoms with Crippen LogP contribution in [-0.4, -0.2) is 36.8 Å². The third-order valence-electron chi connectivity index (χ3n) is 4.33. The number of hydrogen-bond acceptors (Lipinski definition) is 6. The molecular formula is C20H21ClN4O4S. The van der Waals surface area contributed by atoms with Gasteiger partial charge in [0, 0.05) is 10.6 Å². The second kappa shape index (κ2) is 8.85. The number of amides is 1. The lowest BCUT2D eigenvalue weighted by Crippen LogP contribution is -2.47. The second-order valence-electron chi connectivity index (χ2n) is 6.81. The Hall–Kier alpha value is -2.91. The molecule has 0 fully saturated rings.